The first-order chi connectivity index (χ1) is 8.16. The van der Waals surface area contributed by atoms with Crippen molar-refractivity contribution in [3.05, 3.63) is 22.4 Å². The topological polar surface area (TPSA) is 57.6 Å². The molecule has 2 rings (SSSR count). The van der Waals surface area contributed by atoms with Crippen LogP contribution in [0.15, 0.2) is 17.5 Å². The van der Waals surface area contributed by atoms with E-state index in [4.69, 9.17) is 5.11 Å². The van der Waals surface area contributed by atoms with Crippen molar-refractivity contribution in [1.82, 2.24) is 4.90 Å². The molecule has 0 saturated carbocycles. The van der Waals surface area contributed by atoms with Crippen molar-refractivity contribution in [2.24, 2.45) is 5.92 Å². The third kappa shape index (κ3) is 3.14. The number of nitrogens with zero attached hydrogens (tertiary/aromatic N) is 1. The second kappa shape index (κ2) is 5.42. The summed E-state index contributed by atoms with van der Waals surface area (Å²) in [6.45, 7) is 1.65. The standard InChI is InChI=1S/C12H15NO3S/c14-10(11-4-2-6-17-11)8-13-5-1-3-9(7-13)12(15)16/h2,4,6,9H,1,3,5,7-8H2,(H,15,16). The molecular weight excluding hydrogens is 238 g/mol. The lowest BCUT2D eigenvalue weighted by atomic mass is 9.98. The van der Waals surface area contributed by atoms with Crippen LogP contribution in [0, 0.1) is 5.92 Å². The molecule has 5 heteroatoms. The van der Waals surface area contributed by atoms with E-state index in [2.05, 4.69) is 0 Å². The molecule has 1 saturated heterocycles. The van der Waals surface area contributed by atoms with Crippen molar-refractivity contribution < 1.29 is 14.7 Å². The van der Waals surface area contributed by atoms with Gasteiger partial charge in [-0.2, -0.15) is 0 Å². The summed E-state index contributed by atoms with van der Waals surface area (Å²) in [5.74, 6) is -0.982. The lowest BCUT2D eigenvalue weighted by Crippen LogP contribution is -2.41. The zero-order chi connectivity index (χ0) is 12.3. The minimum absolute atomic E-state index is 0.0889. The van der Waals surface area contributed by atoms with Crippen LogP contribution in [-0.2, 0) is 4.79 Å². The predicted octanol–water partition coefficient (Wildman–Crippen LogP) is 1.73. The van der Waals surface area contributed by atoms with Crippen molar-refractivity contribution in [1.29, 1.82) is 0 Å². The highest BCUT2D eigenvalue weighted by atomic mass is 32.1. The molecule has 1 unspecified atom stereocenters. The summed E-state index contributed by atoms with van der Waals surface area (Å²) < 4.78 is 0. The van der Waals surface area contributed by atoms with E-state index in [1.54, 1.807) is 0 Å². The van der Waals surface area contributed by atoms with Crippen LogP contribution in [0.3, 0.4) is 0 Å². The molecule has 1 fully saturated rings. The second-order valence-electron chi connectivity index (χ2n) is 4.31. The molecule has 0 bridgehead atoms. The van der Waals surface area contributed by atoms with Crippen LogP contribution in [0.2, 0.25) is 0 Å². The molecule has 4 nitrogen and oxygen atoms in total. The van der Waals surface area contributed by atoms with E-state index >= 15 is 0 Å². The Labute approximate surface area is 104 Å². The van der Waals surface area contributed by atoms with Gasteiger partial charge in [-0.1, -0.05) is 6.07 Å². The molecule has 0 aliphatic carbocycles. The minimum atomic E-state index is -0.752. The van der Waals surface area contributed by atoms with Crippen LogP contribution in [0.5, 0.6) is 0 Å². The molecule has 0 aromatic carbocycles. The Bertz CT molecular complexity index is 402. The van der Waals surface area contributed by atoms with Crippen molar-refractivity contribution in [2.45, 2.75) is 12.8 Å². The number of thiophene rings is 1. The van der Waals surface area contributed by atoms with Crippen molar-refractivity contribution >= 4 is 23.1 Å². The largest absolute Gasteiger partial charge is 0.481 e. The third-order valence-electron chi connectivity index (χ3n) is 3.02. The van der Waals surface area contributed by atoms with Crippen LogP contribution in [-0.4, -0.2) is 41.4 Å². The van der Waals surface area contributed by atoms with Crippen molar-refractivity contribution in [2.75, 3.05) is 19.6 Å². The van der Waals surface area contributed by atoms with E-state index in [1.807, 2.05) is 22.4 Å². The first kappa shape index (κ1) is 12.3. The molecule has 1 aliphatic rings. The molecule has 1 aromatic rings. The van der Waals surface area contributed by atoms with Gasteiger partial charge in [0.25, 0.3) is 0 Å². The number of ketones is 1. The van der Waals surface area contributed by atoms with Gasteiger partial charge in [-0.25, -0.2) is 0 Å². The molecule has 0 spiro atoms. The smallest absolute Gasteiger partial charge is 0.307 e. The van der Waals surface area contributed by atoms with Gasteiger partial charge in [0.05, 0.1) is 17.3 Å². The molecule has 1 atom stereocenters. The summed E-state index contributed by atoms with van der Waals surface area (Å²) in [7, 11) is 0. The highest BCUT2D eigenvalue weighted by molar-refractivity contribution is 7.12. The summed E-state index contributed by atoms with van der Waals surface area (Å²) in [6, 6.07) is 3.67. The first-order valence-corrected chi connectivity index (χ1v) is 6.56. The lowest BCUT2D eigenvalue weighted by molar-refractivity contribution is -0.143. The van der Waals surface area contributed by atoms with Crippen LogP contribution < -0.4 is 0 Å². The number of hydrogen-bond acceptors (Lipinski definition) is 4. The van der Waals surface area contributed by atoms with Crippen LogP contribution in [0.4, 0.5) is 0 Å². The van der Waals surface area contributed by atoms with Crippen LogP contribution in [0.1, 0.15) is 22.5 Å². The zero-order valence-electron chi connectivity index (χ0n) is 9.46. The number of aliphatic carboxylic acids is 1. The minimum Gasteiger partial charge on any atom is -0.481 e. The zero-order valence-corrected chi connectivity index (χ0v) is 10.3. The Balaban J connectivity index is 1.91. The number of carboxylic acid groups (broad SMARTS) is 1. The molecule has 2 heterocycles. The molecule has 92 valence electrons. The molecule has 1 aromatic heterocycles. The van der Waals surface area contributed by atoms with Gasteiger partial charge in [0.2, 0.25) is 0 Å². The van der Waals surface area contributed by atoms with Gasteiger partial charge in [0, 0.05) is 6.54 Å². The van der Waals surface area contributed by atoms with Gasteiger partial charge in [0.1, 0.15) is 0 Å². The van der Waals surface area contributed by atoms with E-state index in [0.717, 1.165) is 24.3 Å². The van der Waals surface area contributed by atoms with Gasteiger partial charge >= 0.3 is 5.97 Å². The van der Waals surface area contributed by atoms with Crippen molar-refractivity contribution in [3.8, 4) is 0 Å². The summed E-state index contributed by atoms with van der Waals surface area (Å²) in [5, 5.41) is 10.8. The highest BCUT2D eigenvalue weighted by Gasteiger charge is 2.26. The molecule has 0 amide bonds. The fourth-order valence-electron chi connectivity index (χ4n) is 2.12. The van der Waals surface area contributed by atoms with E-state index in [1.165, 1.54) is 11.3 Å². The Morgan fingerprint density at radius 1 is 1.53 bits per heavy atom. The number of rotatable bonds is 4. The van der Waals surface area contributed by atoms with Crippen LogP contribution >= 0.6 is 11.3 Å². The Kier molecular flexibility index (Phi) is 3.91. The van der Waals surface area contributed by atoms with Gasteiger partial charge in [-0.3, -0.25) is 14.5 Å². The SMILES string of the molecule is O=C(CN1CCCC(C(=O)O)C1)c1cccs1. The maximum atomic E-state index is 11.9. The summed E-state index contributed by atoms with van der Waals surface area (Å²) in [4.78, 5) is 25.5. The van der Waals surface area contributed by atoms with Gasteiger partial charge in [0.15, 0.2) is 5.78 Å². The third-order valence-corrected chi connectivity index (χ3v) is 3.93. The molecule has 1 N–H and O–H groups in total. The van der Waals surface area contributed by atoms with E-state index in [0.29, 0.717) is 13.1 Å². The monoisotopic (exact) mass is 253 g/mol. The second-order valence-corrected chi connectivity index (χ2v) is 5.26. The number of carboxylic acids is 1. The average molecular weight is 253 g/mol. The molecule has 0 radical (unpaired) electrons. The fraction of sp³-hybridized carbons (Fsp3) is 0.500. The average Bonchev–Trinajstić information content (AvgIpc) is 2.82. The molecule has 17 heavy (non-hydrogen) atoms. The normalized spacial score (nSPS) is 21.3. The Morgan fingerprint density at radius 3 is 3.00 bits per heavy atom. The summed E-state index contributed by atoms with van der Waals surface area (Å²) in [5.41, 5.74) is 0. The number of carbonyl (C=O) groups is 2. The van der Waals surface area contributed by atoms with Gasteiger partial charge < -0.3 is 5.11 Å². The van der Waals surface area contributed by atoms with Gasteiger partial charge in [-0.15, -0.1) is 11.3 Å². The molecule has 1 aliphatic heterocycles. The maximum absolute atomic E-state index is 11.9. The Hall–Kier alpha value is -1.20. The maximum Gasteiger partial charge on any atom is 0.307 e. The van der Waals surface area contributed by atoms with E-state index < -0.39 is 5.97 Å². The number of hydrogen-bond donors (Lipinski definition) is 1. The van der Waals surface area contributed by atoms with Crippen LogP contribution in [0.25, 0.3) is 0 Å². The number of likely N-dealkylation sites (tertiary alicyclic amines) is 1. The highest BCUT2D eigenvalue weighted by Crippen LogP contribution is 2.18. The Morgan fingerprint density at radius 2 is 2.35 bits per heavy atom. The lowest BCUT2D eigenvalue weighted by Gasteiger charge is -2.29. The van der Waals surface area contributed by atoms with Gasteiger partial charge in [-0.05, 0) is 30.8 Å². The van der Waals surface area contributed by atoms with E-state index in [9.17, 15) is 9.59 Å². The number of Topliss-reactive ketones (excluding diaryl/α,β-unsaturated/α-hetero) is 1. The predicted molar refractivity (Wildman–Crippen MR) is 65.4 cm³/mol. The summed E-state index contributed by atoms with van der Waals surface area (Å²) >= 11 is 1.43. The van der Waals surface area contributed by atoms with E-state index in [-0.39, 0.29) is 11.7 Å². The number of piperidine rings is 1. The first-order valence-electron chi connectivity index (χ1n) is 5.68. The quantitative estimate of drug-likeness (QED) is 0.830. The molecular formula is C12H15NO3S. The fourth-order valence-corrected chi connectivity index (χ4v) is 2.78. The number of carbonyl (C=O) groups excluding carboxylic acids is 1. The van der Waals surface area contributed by atoms with Crippen molar-refractivity contribution in [3.63, 3.8) is 0 Å². The summed E-state index contributed by atoms with van der Waals surface area (Å²) in [6.07, 6.45) is 1.58.